The Balaban J connectivity index is 1.79. The molecule has 0 bridgehead atoms. The second-order valence-corrected chi connectivity index (χ2v) is 6.23. The number of anilines is 1. The van der Waals surface area contributed by atoms with E-state index in [4.69, 9.17) is 5.11 Å². The zero-order valence-electron chi connectivity index (χ0n) is 13.7. The van der Waals surface area contributed by atoms with E-state index in [9.17, 15) is 14.4 Å². The summed E-state index contributed by atoms with van der Waals surface area (Å²) in [5.74, 6) is -0.777. The van der Waals surface area contributed by atoms with Crippen molar-refractivity contribution in [3.63, 3.8) is 0 Å². The summed E-state index contributed by atoms with van der Waals surface area (Å²) in [6.45, 7) is 0.0913. The lowest BCUT2D eigenvalue weighted by Gasteiger charge is -2.20. The van der Waals surface area contributed by atoms with Crippen molar-refractivity contribution >= 4 is 23.5 Å². The molecule has 6 nitrogen and oxygen atoms in total. The highest BCUT2D eigenvalue weighted by molar-refractivity contribution is 5.96. The standard InChI is InChI=1S/C18H24N2O4/c21-16(12-13-4-2-1-3-5-13)20-15-8-6-14(7-9-15)18(24)19-11-10-17(22)23/h6-9,13H,1-5,10-12H2,(H,19,24)(H,20,21)(H,22,23). The second kappa shape index (κ2) is 9.05. The van der Waals surface area contributed by atoms with E-state index >= 15 is 0 Å². The van der Waals surface area contributed by atoms with Crippen LogP contribution in [0.15, 0.2) is 24.3 Å². The van der Waals surface area contributed by atoms with Crippen molar-refractivity contribution in [1.29, 1.82) is 0 Å². The number of aliphatic carboxylic acids is 1. The van der Waals surface area contributed by atoms with Crippen LogP contribution in [0, 0.1) is 5.92 Å². The molecule has 1 aliphatic rings. The van der Waals surface area contributed by atoms with Crippen LogP contribution >= 0.6 is 0 Å². The van der Waals surface area contributed by atoms with E-state index in [1.165, 1.54) is 19.3 Å². The SMILES string of the molecule is O=C(O)CCNC(=O)c1ccc(NC(=O)CC2CCCCC2)cc1. The van der Waals surface area contributed by atoms with Crippen molar-refractivity contribution < 1.29 is 19.5 Å². The summed E-state index contributed by atoms with van der Waals surface area (Å²) in [6, 6.07) is 6.61. The van der Waals surface area contributed by atoms with Crippen LogP contribution in [0.4, 0.5) is 5.69 Å². The minimum absolute atomic E-state index is 0.0144. The van der Waals surface area contributed by atoms with Crippen molar-refractivity contribution in [2.75, 3.05) is 11.9 Å². The Morgan fingerprint density at radius 1 is 1.04 bits per heavy atom. The van der Waals surface area contributed by atoms with E-state index in [-0.39, 0.29) is 24.8 Å². The molecular weight excluding hydrogens is 308 g/mol. The second-order valence-electron chi connectivity index (χ2n) is 6.23. The summed E-state index contributed by atoms with van der Waals surface area (Å²) >= 11 is 0. The van der Waals surface area contributed by atoms with Gasteiger partial charge in [-0.2, -0.15) is 0 Å². The normalized spacial score (nSPS) is 14.8. The zero-order valence-corrected chi connectivity index (χ0v) is 13.7. The monoisotopic (exact) mass is 332 g/mol. The Hall–Kier alpha value is -2.37. The summed E-state index contributed by atoms with van der Waals surface area (Å²) in [7, 11) is 0. The number of hydrogen-bond acceptors (Lipinski definition) is 3. The van der Waals surface area contributed by atoms with Crippen LogP contribution in [0.1, 0.15) is 55.3 Å². The van der Waals surface area contributed by atoms with Gasteiger partial charge in [0.15, 0.2) is 0 Å². The maximum Gasteiger partial charge on any atom is 0.305 e. The molecule has 2 amide bonds. The molecule has 0 atom stereocenters. The molecule has 0 aromatic heterocycles. The predicted octanol–water partition coefficient (Wildman–Crippen LogP) is 2.80. The third-order valence-corrected chi connectivity index (χ3v) is 4.25. The Kier molecular flexibility index (Phi) is 6.78. The average molecular weight is 332 g/mol. The van der Waals surface area contributed by atoms with Gasteiger partial charge in [-0.15, -0.1) is 0 Å². The lowest BCUT2D eigenvalue weighted by Crippen LogP contribution is -2.26. The summed E-state index contributed by atoms with van der Waals surface area (Å²) in [4.78, 5) is 34.3. The van der Waals surface area contributed by atoms with Crippen molar-refractivity contribution in [2.45, 2.75) is 44.9 Å². The third kappa shape index (κ3) is 6.02. The van der Waals surface area contributed by atoms with Crippen LogP contribution in [0.5, 0.6) is 0 Å². The minimum Gasteiger partial charge on any atom is -0.481 e. The van der Waals surface area contributed by atoms with E-state index in [1.54, 1.807) is 24.3 Å². The first kappa shape index (κ1) is 18.0. The number of amides is 2. The first-order chi connectivity index (χ1) is 11.5. The fourth-order valence-corrected chi connectivity index (χ4v) is 2.96. The van der Waals surface area contributed by atoms with Crippen molar-refractivity contribution in [2.24, 2.45) is 5.92 Å². The Morgan fingerprint density at radius 3 is 2.33 bits per heavy atom. The van der Waals surface area contributed by atoms with Gasteiger partial charge in [0.2, 0.25) is 5.91 Å². The van der Waals surface area contributed by atoms with Crippen LogP contribution in [0.25, 0.3) is 0 Å². The Labute approximate surface area is 141 Å². The van der Waals surface area contributed by atoms with Crippen molar-refractivity contribution in [1.82, 2.24) is 5.32 Å². The first-order valence-electron chi connectivity index (χ1n) is 8.44. The number of benzene rings is 1. The fourth-order valence-electron chi connectivity index (χ4n) is 2.96. The molecule has 1 fully saturated rings. The van der Waals surface area contributed by atoms with Gasteiger partial charge in [-0.3, -0.25) is 14.4 Å². The van der Waals surface area contributed by atoms with Crippen molar-refractivity contribution in [3.05, 3.63) is 29.8 Å². The maximum absolute atomic E-state index is 12.1. The number of hydrogen-bond donors (Lipinski definition) is 3. The van der Waals surface area contributed by atoms with Gasteiger partial charge >= 0.3 is 5.97 Å². The molecule has 6 heteroatoms. The molecule has 0 unspecified atom stereocenters. The topological polar surface area (TPSA) is 95.5 Å². The Morgan fingerprint density at radius 2 is 1.71 bits per heavy atom. The molecule has 3 N–H and O–H groups in total. The number of carbonyl (C=O) groups excluding carboxylic acids is 2. The van der Waals surface area contributed by atoms with E-state index in [0.717, 1.165) is 12.8 Å². The zero-order chi connectivity index (χ0) is 17.4. The smallest absolute Gasteiger partial charge is 0.305 e. The minimum atomic E-state index is -0.952. The van der Waals surface area contributed by atoms with Crippen LogP contribution in [0.3, 0.4) is 0 Å². The highest BCUT2D eigenvalue weighted by Gasteiger charge is 2.17. The fraction of sp³-hybridized carbons (Fsp3) is 0.500. The molecule has 0 spiro atoms. The molecule has 0 radical (unpaired) electrons. The number of rotatable bonds is 7. The number of carboxylic acid groups (broad SMARTS) is 1. The molecule has 1 saturated carbocycles. The van der Waals surface area contributed by atoms with Gasteiger partial charge in [-0.05, 0) is 43.0 Å². The molecule has 130 valence electrons. The molecule has 1 aliphatic carbocycles. The van der Waals surface area contributed by atoms with E-state index in [2.05, 4.69) is 10.6 Å². The van der Waals surface area contributed by atoms with Crippen molar-refractivity contribution in [3.8, 4) is 0 Å². The molecule has 0 saturated heterocycles. The van der Waals surface area contributed by atoms with Crippen LogP contribution in [-0.4, -0.2) is 29.4 Å². The summed E-state index contributed by atoms with van der Waals surface area (Å²) in [6.07, 6.45) is 6.39. The van der Waals surface area contributed by atoms with Gasteiger partial charge in [-0.25, -0.2) is 0 Å². The summed E-state index contributed by atoms with van der Waals surface area (Å²) in [5, 5.41) is 13.9. The highest BCUT2D eigenvalue weighted by atomic mass is 16.4. The molecular formula is C18H24N2O4. The van der Waals surface area contributed by atoms with E-state index < -0.39 is 5.97 Å². The molecule has 24 heavy (non-hydrogen) atoms. The Bertz CT molecular complexity index is 577. The van der Waals surface area contributed by atoms with Crippen LogP contribution < -0.4 is 10.6 Å². The molecule has 1 aromatic carbocycles. The summed E-state index contributed by atoms with van der Waals surface area (Å²) < 4.78 is 0. The number of nitrogens with one attached hydrogen (secondary N) is 2. The average Bonchev–Trinajstić information content (AvgIpc) is 2.56. The van der Waals surface area contributed by atoms with E-state index in [0.29, 0.717) is 23.6 Å². The quantitative estimate of drug-likeness (QED) is 0.715. The van der Waals surface area contributed by atoms with Gasteiger partial charge in [0.1, 0.15) is 0 Å². The van der Waals surface area contributed by atoms with Gasteiger partial charge in [0, 0.05) is 24.2 Å². The predicted molar refractivity (Wildman–Crippen MR) is 90.8 cm³/mol. The number of carbonyl (C=O) groups is 3. The summed E-state index contributed by atoms with van der Waals surface area (Å²) in [5.41, 5.74) is 1.10. The van der Waals surface area contributed by atoms with Crippen LogP contribution in [-0.2, 0) is 9.59 Å². The van der Waals surface area contributed by atoms with Gasteiger partial charge in [0.25, 0.3) is 5.91 Å². The molecule has 0 aliphatic heterocycles. The molecule has 0 heterocycles. The first-order valence-corrected chi connectivity index (χ1v) is 8.44. The van der Waals surface area contributed by atoms with Gasteiger partial charge in [0.05, 0.1) is 6.42 Å². The van der Waals surface area contributed by atoms with Crippen LogP contribution in [0.2, 0.25) is 0 Å². The van der Waals surface area contributed by atoms with Gasteiger partial charge in [-0.1, -0.05) is 19.3 Å². The molecule has 1 aromatic rings. The van der Waals surface area contributed by atoms with Gasteiger partial charge < -0.3 is 15.7 Å². The third-order valence-electron chi connectivity index (χ3n) is 4.25. The molecule has 2 rings (SSSR count). The largest absolute Gasteiger partial charge is 0.481 e. The maximum atomic E-state index is 12.1. The highest BCUT2D eigenvalue weighted by Crippen LogP contribution is 2.26. The van der Waals surface area contributed by atoms with E-state index in [1.807, 2.05) is 0 Å². The lowest BCUT2D eigenvalue weighted by atomic mass is 9.87. The lowest BCUT2D eigenvalue weighted by molar-refractivity contribution is -0.136. The number of carboxylic acids is 1.